The van der Waals surface area contributed by atoms with Gasteiger partial charge in [-0.2, -0.15) is 0 Å². The maximum absolute atomic E-state index is 12.4. The van der Waals surface area contributed by atoms with Crippen molar-refractivity contribution in [3.05, 3.63) is 71.8 Å². The number of benzene rings is 2. The van der Waals surface area contributed by atoms with Crippen molar-refractivity contribution in [2.24, 2.45) is 11.8 Å². The summed E-state index contributed by atoms with van der Waals surface area (Å²) >= 11 is 0. The van der Waals surface area contributed by atoms with Crippen LogP contribution in [0, 0.1) is 11.8 Å². The van der Waals surface area contributed by atoms with Crippen molar-refractivity contribution < 1.29 is 14.6 Å². The second kappa shape index (κ2) is 5.58. The monoisotopic (exact) mass is 296 g/mol. The summed E-state index contributed by atoms with van der Waals surface area (Å²) in [7, 11) is 0. The Labute approximate surface area is 130 Å². The summed E-state index contributed by atoms with van der Waals surface area (Å²) in [6, 6.07) is 18.8. The fourth-order valence-corrected chi connectivity index (χ4v) is 3.39. The Bertz CT molecular complexity index is 651. The summed E-state index contributed by atoms with van der Waals surface area (Å²) in [4.78, 5) is 12.4. The number of hydrogen-bond acceptors (Lipinski definition) is 3. The van der Waals surface area contributed by atoms with Gasteiger partial charge < -0.3 is 9.84 Å². The molecule has 3 heteroatoms. The standard InChI is InChI=1S/C19H20O3/c1-13(2)16-18(20)22-17(14-9-5-3-6-10-14)19(16,21)15-11-7-4-8-12-15/h3-13,16-17,21H,1-2H3/t16-,17-,19-/m1/s1. The molecule has 1 N–H and O–H groups in total. The summed E-state index contributed by atoms with van der Waals surface area (Å²) in [6.45, 7) is 3.88. The van der Waals surface area contributed by atoms with Crippen LogP contribution >= 0.6 is 0 Å². The van der Waals surface area contributed by atoms with Gasteiger partial charge in [-0.15, -0.1) is 0 Å². The zero-order valence-corrected chi connectivity index (χ0v) is 12.8. The Kier molecular flexibility index (Phi) is 3.75. The Morgan fingerprint density at radius 1 is 1.00 bits per heavy atom. The lowest BCUT2D eigenvalue weighted by Crippen LogP contribution is -2.39. The highest BCUT2D eigenvalue weighted by molar-refractivity contribution is 5.78. The first-order chi connectivity index (χ1) is 10.5. The molecule has 3 atom stereocenters. The van der Waals surface area contributed by atoms with Crippen molar-refractivity contribution in [2.75, 3.05) is 0 Å². The number of cyclic esters (lactones) is 1. The molecule has 0 spiro atoms. The highest BCUT2D eigenvalue weighted by Gasteiger charge is 2.58. The summed E-state index contributed by atoms with van der Waals surface area (Å²) in [6.07, 6.45) is -0.684. The maximum atomic E-state index is 12.4. The fraction of sp³-hybridized carbons (Fsp3) is 0.316. The van der Waals surface area contributed by atoms with E-state index >= 15 is 0 Å². The van der Waals surface area contributed by atoms with E-state index < -0.39 is 17.6 Å². The molecular weight excluding hydrogens is 276 g/mol. The highest BCUT2D eigenvalue weighted by atomic mass is 16.6. The van der Waals surface area contributed by atoms with Gasteiger partial charge in [-0.1, -0.05) is 74.5 Å². The van der Waals surface area contributed by atoms with Gasteiger partial charge in [0.05, 0.1) is 5.92 Å². The molecule has 2 aromatic rings. The quantitative estimate of drug-likeness (QED) is 0.883. The van der Waals surface area contributed by atoms with E-state index in [9.17, 15) is 9.90 Å². The third-order valence-corrected chi connectivity index (χ3v) is 4.37. The van der Waals surface area contributed by atoms with Gasteiger partial charge in [0.15, 0.2) is 6.10 Å². The minimum absolute atomic E-state index is 0.0218. The minimum Gasteiger partial charge on any atom is -0.454 e. The van der Waals surface area contributed by atoms with Crippen LogP contribution in [0.3, 0.4) is 0 Å². The third-order valence-electron chi connectivity index (χ3n) is 4.37. The van der Waals surface area contributed by atoms with Crippen LogP contribution in [0.4, 0.5) is 0 Å². The first-order valence-corrected chi connectivity index (χ1v) is 7.58. The van der Waals surface area contributed by atoms with E-state index in [1.54, 1.807) is 0 Å². The Morgan fingerprint density at radius 2 is 1.55 bits per heavy atom. The van der Waals surface area contributed by atoms with Crippen molar-refractivity contribution >= 4 is 5.97 Å². The largest absolute Gasteiger partial charge is 0.454 e. The topological polar surface area (TPSA) is 46.5 Å². The van der Waals surface area contributed by atoms with E-state index in [-0.39, 0.29) is 11.9 Å². The second-order valence-corrected chi connectivity index (χ2v) is 6.14. The Hall–Kier alpha value is -2.13. The number of carbonyl (C=O) groups excluding carboxylic acids is 1. The van der Waals surface area contributed by atoms with Crippen molar-refractivity contribution in [1.82, 2.24) is 0 Å². The highest BCUT2D eigenvalue weighted by Crippen LogP contribution is 2.51. The van der Waals surface area contributed by atoms with Gasteiger partial charge in [0.25, 0.3) is 0 Å². The molecule has 2 aromatic carbocycles. The zero-order chi connectivity index (χ0) is 15.7. The Balaban J connectivity index is 2.16. The number of aliphatic hydroxyl groups is 1. The van der Waals surface area contributed by atoms with Crippen molar-refractivity contribution in [3.63, 3.8) is 0 Å². The van der Waals surface area contributed by atoms with Crippen LogP contribution in [0.15, 0.2) is 60.7 Å². The molecule has 1 aliphatic heterocycles. The minimum atomic E-state index is -1.35. The van der Waals surface area contributed by atoms with Gasteiger partial charge in [-0.3, -0.25) is 4.79 Å². The van der Waals surface area contributed by atoms with E-state index in [1.165, 1.54) is 0 Å². The van der Waals surface area contributed by atoms with Gasteiger partial charge in [-0.05, 0) is 17.0 Å². The van der Waals surface area contributed by atoms with E-state index in [1.807, 2.05) is 74.5 Å². The van der Waals surface area contributed by atoms with Crippen LogP contribution in [0.1, 0.15) is 31.1 Å². The average Bonchev–Trinajstić information content (AvgIpc) is 2.81. The molecule has 0 radical (unpaired) electrons. The lowest BCUT2D eigenvalue weighted by atomic mass is 9.72. The van der Waals surface area contributed by atoms with Crippen LogP contribution in [-0.4, -0.2) is 11.1 Å². The van der Waals surface area contributed by atoms with Crippen LogP contribution in [0.5, 0.6) is 0 Å². The molecule has 1 aliphatic rings. The van der Waals surface area contributed by atoms with Crippen molar-refractivity contribution in [3.8, 4) is 0 Å². The SMILES string of the molecule is CC(C)[C@@H]1C(=O)O[C@H](c2ccccc2)[C@@]1(O)c1ccccc1. The van der Waals surface area contributed by atoms with Gasteiger partial charge in [0, 0.05) is 0 Å². The Morgan fingerprint density at radius 3 is 2.09 bits per heavy atom. The molecule has 0 amide bonds. The van der Waals surface area contributed by atoms with Crippen LogP contribution < -0.4 is 0 Å². The van der Waals surface area contributed by atoms with E-state index in [2.05, 4.69) is 0 Å². The van der Waals surface area contributed by atoms with E-state index in [0.717, 1.165) is 5.56 Å². The maximum Gasteiger partial charge on any atom is 0.313 e. The molecule has 3 rings (SSSR count). The smallest absolute Gasteiger partial charge is 0.313 e. The lowest BCUT2D eigenvalue weighted by Gasteiger charge is -2.33. The molecule has 3 nitrogen and oxygen atoms in total. The number of hydrogen-bond donors (Lipinski definition) is 1. The summed E-state index contributed by atoms with van der Waals surface area (Å²) < 4.78 is 5.60. The van der Waals surface area contributed by atoms with Crippen molar-refractivity contribution in [2.45, 2.75) is 25.6 Å². The number of esters is 1. The summed E-state index contributed by atoms with van der Waals surface area (Å²) in [5, 5.41) is 11.5. The van der Waals surface area contributed by atoms with E-state index in [0.29, 0.717) is 5.56 Å². The molecular formula is C19H20O3. The number of ether oxygens (including phenoxy) is 1. The van der Waals surface area contributed by atoms with Crippen LogP contribution in [0.2, 0.25) is 0 Å². The fourth-order valence-electron chi connectivity index (χ4n) is 3.39. The predicted molar refractivity (Wildman–Crippen MR) is 83.9 cm³/mol. The lowest BCUT2D eigenvalue weighted by molar-refractivity contribution is -0.145. The van der Waals surface area contributed by atoms with Gasteiger partial charge in [-0.25, -0.2) is 0 Å². The molecule has 0 unspecified atom stereocenters. The molecule has 0 bridgehead atoms. The van der Waals surface area contributed by atoms with E-state index in [4.69, 9.17) is 4.74 Å². The molecule has 0 aromatic heterocycles. The normalized spacial score (nSPS) is 27.9. The predicted octanol–water partition coefficient (Wildman–Crippen LogP) is 3.44. The second-order valence-electron chi connectivity index (χ2n) is 6.14. The van der Waals surface area contributed by atoms with Gasteiger partial charge in [0.1, 0.15) is 5.60 Å². The summed E-state index contributed by atoms with van der Waals surface area (Å²) in [5.74, 6) is -0.943. The summed E-state index contributed by atoms with van der Waals surface area (Å²) in [5.41, 5.74) is 0.173. The average molecular weight is 296 g/mol. The molecule has 1 heterocycles. The molecule has 1 fully saturated rings. The zero-order valence-electron chi connectivity index (χ0n) is 12.8. The van der Waals surface area contributed by atoms with Gasteiger partial charge >= 0.3 is 5.97 Å². The van der Waals surface area contributed by atoms with Crippen molar-refractivity contribution in [1.29, 1.82) is 0 Å². The number of carbonyl (C=O) groups is 1. The molecule has 114 valence electrons. The number of rotatable bonds is 3. The van der Waals surface area contributed by atoms with Crippen LogP contribution in [0.25, 0.3) is 0 Å². The first kappa shape index (κ1) is 14.8. The van der Waals surface area contributed by atoms with Crippen LogP contribution in [-0.2, 0) is 15.1 Å². The first-order valence-electron chi connectivity index (χ1n) is 7.58. The third kappa shape index (κ3) is 2.22. The van der Waals surface area contributed by atoms with Gasteiger partial charge in [0.2, 0.25) is 0 Å². The molecule has 0 saturated carbocycles. The molecule has 22 heavy (non-hydrogen) atoms. The molecule has 1 saturated heterocycles. The molecule has 0 aliphatic carbocycles.